The van der Waals surface area contributed by atoms with E-state index in [1.54, 1.807) is 20.3 Å². The maximum atomic E-state index is 12.4. The Hall–Kier alpha value is -3.09. The van der Waals surface area contributed by atoms with Gasteiger partial charge >= 0.3 is 0 Å². The first kappa shape index (κ1) is 21.6. The fraction of sp³-hybridized carbons (Fsp3) is 0.238. The van der Waals surface area contributed by atoms with Crippen molar-refractivity contribution in [1.82, 2.24) is 9.97 Å². The molecule has 0 saturated carbocycles. The van der Waals surface area contributed by atoms with Crippen LogP contribution in [0.2, 0.25) is 0 Å². The van der Waals surface area contributed by atoms with Crippen molar-refractivity contribution in [3.63, 3.8) is 0 Å². The zero-order valence-corrected chi connectivity index (χ0v) is 18.6. The number of methoxy groups -OCH3 is 2. The molecule has 0 spiro atoms. The number of aromatic nitrogens is 2. The predicted molar refractivity (Wildman–Crippen MR) is 118 cm³/mol. The summed E-state index contributed by atoms with van der Waals surface area (Å²) < 4.78 is 10.6. The van der Waals surface area contributed by atoms with Gasteiger partial charge in [0, 0.05) is 22.7 Å². The van der Waals surface area contributed by atoms with Crippen molar-refractivity contribution in [2.75, 3.05) is 25.3 Å². The first-order valence-corrected chi connectivity index (χ1v) is 10.8. The number of aryl methyl sites for hydroxylation is 2. The Kier molecular flexibility index (Phi) is 6.92. The van der Waals surface area contributed by atoms with E-state index in [1.807, 2.05) is 37.4 Å². The topological polar surface area (TPSA) is 97.1 Å². The van der Waals surface area contributed by atoms with Crippen LogP contribution in [0.4, 0.5) is 5.13 Å². The third kappa shape index (κ3) is 4.90. The van der Waals surface area contributed by atoms with E-state index >= 15 is 0 Å². The Morgan fingerprint density at radius 1 is 1.23 bits per heavy atom. The molecule has 0 atom stereocenters. The number of thiazole rings is 1. The van der Waals surface area contributed by atoms with E-state index < -0.39 is 0 Å². The molecule has 9 heteroatoms. The van der Waals surface area contributed by atoms with E-state index in [1.165, 1.54) is 23.1 Å². The van der Waals surface area contributed by atoms with Crippen LogP contribution in [-0.2, 0) is 4.79 Å². The number of benzene rings is 1. The normalized spacial score (nSPS) is 10.4. The molecule has 1 amide bonds. The summed E-state index contributed by atoms with van der Waals surface area (Å²) in [5.41, 5.74) is 3.67. The molecule has 0 aliphatic heterocycles. The molecule has 2 aromatic heterocycles. The molecule has 0 aliphatic rings. The Balaban J connectivity index is 1.69. The minimum atomic E-state index is -0.215. The zero-order chi connectivity index (χ0) is 21.7. The van der Waals surface area contributed by atoms with Gasteiger partial charge in [0.05, 0.1) is 31.2 Å². The van der Waals surface area contributed by atoms with Crippen LogP contribution in [0.15, 0.2) is 34.7 Å². The molecule has 3 rings (SSSR count). The first-order valence-electron chi connectivity index (χ1n) is 8.94. The van der Waals surface area contributed by atoms with Crippen LogP contribution >= 0.6 is 23.1 Å². The number of nitrogens with one attached hydrogen (secondary N) is 1. The maximum absolute atomic E-state index is 12.4. The third-order valence-corrected chi connectivity index (χ3v) is 5.93. The number of hydrogen-bond donors (Lipinski definition) is 1. The molecule has 0 bridgehead atoms. The minimum absolute atomic E-state index is 0.130. The van der Waals surface area contributed by atoms with Crippen molar-refractivity contribution in [3.8, 4) is 28.8 Å². The van der Waals surface area contributed by atoms with Gasteiger partial charge in [-0.1, -0.05) is 11.8 Å². The zero-order valence-electron chi connectivity index (χ0n) is 17.0. The largest absolute Gasteiger partial charge is 0.497 e. The summed E-state index contributed by atoms with van der Waals surface area (Å²) in [6, 6.07) is 9.49. The molecule has 0 unspecified atom stereocenters. The quantitative estimate of drug-likeness (QED) is 0.542. The van der Waals surface area contributed by atoms with Crippen LogP contribution < -0.4 is 14.8 Å². The fourth-order valence-corrected chi connectivity index (χ4v) is 4.42. The van der Waals surface area contributed by atoms with Crippen molar-refractivity contribution in [2.45, 2.75) is 18.9 Å². The molecule has 154 valence electrons. The SMILES string of the molecule is COc1ccc(-c2csc(NC(=O)CSc3nc(C)cc(C)c3C#N)n2)c(OC)c1. The average molecular weight is 441 g/mol. The van der Waals surface area contributed by atoms with Crippen LogP contribution in [0.5, 0.6) is 11.5 Å². The molecule has 0 radical (unpaired) electrons. The molecule has 3 aromatic rings. The van der Waals surface area contributed by atoms with E-state index in [2.05, 4.69) is 21.4 Å². The Labute approximate surface area is 183 Å². The van der Waals surface area contributed by atoms with Crippen LogP contribution in [0.25, 0.3) is 11.3 Å². The lowest BCUT2D eigenvalue weighted by Gasteiger charge is -2.08. The number of nitriles is 1. The molecule has 0 aliphatic carbocycles. The van der Waals surface area contributed by atoms with Crippen molar-refractivity contribution in [1.29, 1.82) is 5.26 Å². The van der Waals surface area contributed by atoms with Crippen LogP contribution in [0, 0.1) is 25.2 Å². The van der Waals surface area contributed by atoms with Gasteiger partial charge in [0.25, 0.3) is 0 Å². The lowest BCUT2D eigenvalue weighted by Crippen LogP contribution is -2.14. The highest BCUT2D eigenvalue weighted by atomic mass is 32.2. The van der Waals surface area contributed by atoms with Crippen molar-refractivity contribution in [3.05, 3.63) is 46.5 Å². The summed E-state index contributed by atoms with van der Waals surface area (Å²) in [7, 11) is 3.18. The number of amides is 1. The first-order chi connectivity index (χ1) is 14.4. The number of rotatable bonds is 7. The van der Waals surface area contributed by atoms with E-state index in [0.29, 0.717) is 32.9 Å². The van der Waals surface area contributed by atoms with Crippen LogP contribution in [-0.4, -0.2) is 35.8 Å². The molecule has 30 heavy (non-hydrogen) atoms. The van der Waals surface area contributed by atoms with Gasteiger partial charge in [-0.15, -0.1) is 11.3 Å². The summed E-state index contributed by atoms with van der Waals surface area (Å²) >= 11 is 2.57. The van der Waals surface area contributed by atoms with E-state index in [0.717, 1.165) is 16.8 Å². The Bertz CT molecular complexity index is 1120. The third-order valence-electron chi connectivity index (χ3n) is 4.20. The summed E-state index contributed by atoms with van der Waals surface area (Å²) in [5.74, 6) is 1.24. The second-order valence-corrected chi connectivity index (χ2v) is 8.14. The highest BCUT2D eigenvalue weighted by Crippen LogP contribution is 2.35. The molecule has 1 aromatic carbocycles. The minimum Gasteiger partial charge on any atom is -0.497 e. The molecule has 1 N–H and O–H groups in total. The number of carbonyl (C=O) groups excluding carboxylic acids is 1. The molecule has 7 nitrogen and oxygen atoms in total. The monoisotopic (exact) mass is 440 g/mol. The Morgan fingerprint density at radius 2 is 2.03 bits per heavy atom. The molecule has 0 fully saturated rings. The Morgan fingerprint density at radius 3 is 2.73 bits per heavy atom. The highest BCUT2D eigenvalue weighted by molar-refractivity contribution is 8.00. The summed E-state index contributed by atoms with van der Waals surface area (Å²) in [6.07, 6.45) is 0. The van der Waals surface area contributed by atoms with Crippen LogP contribution in [0.1, 0.15) is 16.8 Å². The van der Waals surface area contributed by atoms with E-state index in [4.69, 9.17) is 9.47 Å². The number of pyridine rings is 1. The predicted octanol–water partition coefficient (Wildman–Crippen LogP) is 4.44. The summed E-state index contributed by atoms with van der Waals surface area (Å²) in [5, 5.41) is 15.1. The van der Waals surface area contributed by atoms with Gasteiger partial charge in [-0.2, -0.15) is 5.26 Å². The van der Waals surface area contributed by atoms with Gasteiger partial charge in [-0.05, 0) is 37.6 Å². The van der Waals surface area contributed by atoms with Crippen molar-refractivity contribution in [2.24, 2.45) is 0 Å². The smallest absolute Gasteiger partial charge is 0.236 e. The number of thioether (sulfide) groups is 1. The second kappa shape index (κ2) is 9.61. The molecular weight excluding hydrogens is 420 g/mol. The number of carbonyl (C=O) groups is 1. The van der Waals surface area contributed by atoms with Gasteiger partial charge in [0.2, 0.25) is 5.91 Å². The molecule has 0 saturated heterocycles. The fourth-order valence-electron chi connectivity index (χ4n) is 2.80. The lowest BCUT2D eigenvalue weighted by molar-refractivity contribution is -0.113. The van der Waals surface area contributed by atoms with Gasteiger partial charge in [0.1, 0.15) is 22.6 Å². The second-order valence-electron chi connectivity index (χ2n) is 6.31. The molecule has 2 heterocycles. The van der Waals surface area contributed by atoms with E-state index in [9.17, 15) is 10.1 Å². The molecular formula is C21H20N4O3S2. The number of hydrogen-bond acceptors (Lipinski definition) is 8. The number of nitrogens with zero attached hydrogens (tertiary/aromatic N) is 3. The van der Waals surface area contributed by atoms with Gasteiger partial charge < -0.3 is 14.8 Å². The van der Waals surface area contributed by atoms with E-state index in [-0.39, 0.29) is 11.7 Å². The highest BCUT2D eigenvalue weighted by Gasteiger charge is 2.15. The average Bonchev–Trinajstić information content (AvgIpc) is 3.19. The van der Waals surface area contributed by atoms with Gasteiger partial charge in [-0.25, -0.2) is 9.97 Å². The van der Waals surface area contributed by atoms with Crippen molar-refractivity contribution >= 4 is 34.1 Å². The van der Waals surface area contributed by atoms with Crippen molar-refractivity contribution < 1.29 is 14.3 Å². The van der Waals surface area contributed by atoms with Gasteiger partial charge in [0.15, 0.2) is 5.13 Å². The number of anilines is 1. The maximum Gasteiger partial charge on any atom is 0.236 e. The standard InChI is InChI=1S/C21H20N4O3S2/c1-12-7-13(2)23-20(16(12)9-22)29-11-19(26)25-21-24-17(10-30-21)15-6-5-14(27-3)8-18(15)28-4/h5-8,10H,11H2,1-4H3,(H,24,25,26). The summed E-state index contributed by atoms with van der Waals surface area (Å²) in [6.45, 7) is 3.73. The summed E-state index contributed by atoms with van der Waals surface area (Å²) in [4.78, 5) is 21.3. The lowest BCUT2D eigenvalue weighted by atomic mass is 10.1. The van der Waals surface area contributed by atoms with Crippen LogP contribution in [0.3, 0.4) is 0 Å². The number of ether oxygens (including phenoxy) is 2. The van der Waals surface area contributed by atoms with Gasteiger partial charge in [-0.3, -0.25) is 4.79 Å².